The van der Waals surface area contributed by atoms with Crippen molar-refractivity contribution in [2.45, 2.75) is 13.1 Å². The van der Waals surface area contributed by atoms with Crippen molar-refractivity contribution < 1.29 is 22.8 Å². The maximum absolute atomic E-state index is 11.5. The van der Waals surface area contributed by atoms with Crippen LogP contribution in [0.15, 0.2) is 0 Å². The van der Waals surface area contributed by atoms with E-state index in [1.54, 1.807) is 0 Å². The number of ketones is 1. The van der Waals surface area contributed by atoms with Gasteiger partial charge >= 0.3 is 6.18 Å². The summed E-state index contributed by atoms with van der Waals surface area (Å²) in [5.41, 5.74) is 0. The predicted molar refractivity (Wildman–Crippen MR) is 26.3 cm³/mol. The number of halogens is 3. The Bertz CT molecular complexity index is 149. The minimum Gasteiger partial charge on any atom is -0.302 e. The zero-order chi connectivity index (χ0) is 8.36. The molecule has 2 nitrogen and oxygen atoms in total. The molecule has 0 saturated carbocycles. The van der Waals surface area contributed by atoms with E-state index in [1.165, 1.54) is 0 Å². The molecular formula is C5H5F3O2. The molecule has 0 fully saturated rings. The number of alkyl halides is 3. The number of carbonyl (C=O) groups is 2. The second kappa shape index (κ2) is 2.81. The summed E-state index contributed by atoms with van der Waals surface area (Å²) < 4.78 is 34.6. The molecule has 0 bridgehead atoms. The molecule has 1 atom stereocenters. The Morgan fingerprint density at radius 3 is 1.90 bits per heavy atom. The lowest BCUT2D eigenvalue weighted by molar-refractivity contribution is -0.178. The van der Waals surface area contributed by atoms with Crippen LogP contribution in [0.4, 0.5) is 13.2 Å². The number of hydrogen-bond acceptors (Lipinski definition) is 2. The third-order valence-electron chi connectivity index (χ3n) is 0.927. The third-order valence-corrected chi connectivity index (χ3v) is 0.927. The average molecular weight is 154 g/mol. The fraction of sp³-hybridized carbons (Fsp3) is 0.600. The van der Waals surface area contributed by atoms with E-state index in [0.29, 0.717) is 0 Å². The number of Topliss-reactive ketones (excluding diaryl/α,β-unsaturated/α-hetero) is 1. The van der Waals surface area contributed by atoms with E-state index in [4.69, 9.17) is 0 Å². The second-order valence-electron chi connectivity index (χ2n) is 1.77. The molecule has 10 heavy (non-hydrogen) atoms. The van der Waals surface area contributed by atoms with Crippen molar-refractivity contribution in [1.29, 1.82) is 0 Å². The minimum absolute atomic E-state index is 0.400. The lowest BCUT2D eigenvalue weighted by Gasteiger charge is -2.09. The summed E-state index contributed by atoms with van der Waals surface area (Å²) in [5.74, 6) is -3.63. The van der Waals surface area contributed by atoms with Crippen LogP contribution in [-0.2, 0) is 9.59 Å². The Balaban J connectivity index is 4.36. The molecule has 0 aliphatic carbocycles. The highest BCUT2D eigenvalue weighted by atomic mass is 19.4. The van der Waals surface area contributed by atoms with E-state index < -0.39 is 24.2 Å². The summed E-state index contributed by atoms with van der Waals surface area (Å²) in [6.45, 7) is 0.729. The van der Waals surface area contributed by atoms with Crippen LogP contribution in [0, 0.1) is 5.92 Å². The highest BCUT2D eigenvalue weighted by Gasteiger charge is 2.42. The molecule has 0 saturated heterocycles. The van der Waals surface area contributed by atoms with Gasteiger partial charge in [0.1, 0.15) is 12.1 Å². The monoisotopic (exact) mass is 154 g/mol. The Morgan fingerprint density at radius 2 is 1.90 bits per heavy atom. The summed E-state index contributed by atoms with van der Waals surface area (Å²) in [5, 5.41) is 0. The molecule has 1 unspecified atom stereocenters. The predicted octanol–water partition coefficient (Wildman–Crippen LogP) is 0.953. The molecule has 0 spiro atoms. The Kier molecular flexibility index (Phi) is 2.56. The van der Waals surface area contributed by atoms with Gasteiger partial charge in [-0.05, 0) is 6.92 Å². The van der Waals surface area contributed by atoms with Crippen LogP contribution in [-0.4, -0.2) is 18.2 Å². The molecule has 5 heteroatoms. The maximum atomic E-state index is 11.5. The largest absolute Gasteiger partial charge is 0.405 e. The lowest BCUT2D eigenvalue weighted by Crippen LogP contribution is -2.30. The van der Waals surface area contributed by atoms with Crippen molar-refractivity contribution in [1.82, 2.24) is 0 Å². The number of hydrogen-bond donors (Lipinski definition) is 0. The Morgan fingerprint density at radius 1 is 1.50 bits per heavy atom. The molecule has 0 aliphatic heterocycles. The zero-order valence-electron chi connectivity index (χ0n) is 5.11. The van der Waals surface area contributed by atoms with Crippen LogP contribution in [0.5, 0.6) is 0 Å². The van der Waals surface area contributed by atoms with Gasteiger partial charge in [0.2, 0.25) is 0 Å². The Hall–Kier alpha value is -0.870. The molecule has 0 N–H and O–H groups in total. The van der Waals surface area contributed by atoms with E-state index in [1.807, 2.05) is 0 Å². The fourth-order valence-corrected chi connectivity index (χ4v) is 0.403. The van der Waals surface area contributed by atoms with Gasteiger partial charge in [-0.15, -0.1) is 0 Å². The molecule has 0 heterocycles. The maximum Gasteiger partial charge on any atom is 0.405 e. The number of carbonyl (C=O) groups excluding carboxylic acids is 2. The highest BCUT2D eigenvalue weighted by molar-refractivity contribution is 5.92. The highest BCUT2D eigenvalue weighted by Crippen LogP contribution is 2.24. The molecular weight excluding hydrogens is 149 g/mol. The van der Waals surface area contributed by atoms with Gasteiger partial charge in [-0.25, -0.2) is 0 Å². The molecule has 0 radical (unpaired) electrons. The smallest absolute Gasteiger partial charge is 0.302 e. The van der Waals surface area contributed by atoms with Gasteiger partial charge in [0.05, 0.1) is 0 Å². The summed E-state index contributed by atoms with van der Waals surface area (Å²) >= 11 is 0. The standard InChI is InChI=1S/C5H5F3O2/c1-3(10)4(2-9)5(6,7)8/h2,4H,1H3. The second-order valence-corrected chi connectivity index (χ2v) is 1.77. The van der Waals surface area contributed by atoms with Crippen molar-refractivity contribution in [3.63, 3.8) is 0 Å². The molecule has 0 rings (SSSR count). The summed E-state index contributed by atoms with van der Waals surface area (Å²) in [6.07, 6.45) is -5.13. The molecule has 0 aromatic heterocycles. The first-order valence-corrected chi connectivity index (χ1v) is 2.42. The lowest BCUT2D eigenvalue weighted by atomic mass is 10.1. The first-order valence-electron chi connectivity index (χ1n) is 2.42. The summed E-state index contributed by atoms with van der Waals surface area (Å²) in [7, 11) is 0. The fourth-order valence-electron chi connectivity index (χ4n) is 0.403. The van der Waals surface area contributed by atoms with Gasteiger partial charge in [0.25, 0.3) is 0 Å². The van der Waals surface area contributed by atoms with Crippen LogP contribution in [0.25, 0.3) is 0 Å². The first-order chi connectivity index (χ1) is 4.39. The van der Waals surface area contributed by atoms with E-state index in [0.717, 1.165) is 6.92 Å². The van der Waals surface area contributed by atoms with Crippen LogP contribution in [0.2, 0.25) is 0 Å². The topological polar surface area (TPSA) is 34.1 Å². The van der Waals surface area contributed by atoms with Crippen molar-refractivity contribution in [3.8, 4) is 0 Å². The quantitative estimate of drug-likeness (QED) is 0.438. The molecule has 0 aromatic rings. The molecule has 0 aliphatic rings. The minimum atomic E-state index is -4.73. The van der Waals surface area contributed by atoms with E-state index in [-0.39, 0.29) is 0 Å². The van der Waals surface area contributed by atoms with Gasteiger partial charge in [-0.2, -0.15) is 13.2 Å². The first kappa shape index (κ1) is 9.13. The van der Waals surface area contributed by atoms with Gasteiger partial charge in [0.15, 0.2) is 5.92 Å². The van der Waals surface area contributed by atoms with Gasteiger partial charge in [-0.3, -0.25) is 4.79 Å². The average Bonchev–Trinajstić information content (AvgIpc) is 1.60. The number of rotatable bonds is 2. The van der Waals surface area contributed by atoms with E-state index in [9.17, 15) is 22.8 Å². The Labute approximate surface area is 55.0 Å². The van der Waals surface area contributed by atoms with Crippen molar-refractivity contribution in [2.24, 2.45) is 5.92 Å². The molecule has 0 aromatic carbocycles. The van der Waals surface area contributed by atoms with Crippen LogP contribution < -0.4 is 0 Å². The van der Waals surface area contributed by atoms with Crippen molar-refractivity contribution >= 4 is 12.1 Å². The SMILES string of the molecule is CC(=O)C(C=O)C(F)(F)F. The molecule has 58 valence electrons. The van der Waals surface area contributed by atoms with Gasteiger partial charge in [0, 0.05) is 0 Å². The van der Waals surface area contributed by atoms with E-state index in [2.05, 4.69) is 0 Å². The van der Waals surface area contributed by atoms with E-state index >= 15 is 0 Å². The molecule has 0 amide bonds. The number of aldehydes is 1. The zero-order valence-corrected chi connectivity index (χ0v) is 5.11. The van der Waals surface area contributed by atoms with Crippen molar-refractivity contribution in [3.05, 3.63) is 0 Å². The van der Waals surface area contributed by atoms with Crippen molar-refractivity contribution in [2.75, 3.05) is 0 Å². The summed E-state index contributed by atoms with van der Waals surface area (Å²) in [4.78, 5) is 19.7. The summed E-state index contributed by atoms with van der Waals surface area (Å²) in [6, 6.07) is 0. The normalized spacial score (nSPS) is 14.4. The van der Waals surface area contributed by atoms with Gasteiger partial charge in [-0.1, -0.05) is 0 Å². The third kappa shape index (κ3) is 2.16. The van der Waals surface area contributed by atoms with Crippen LogP contribution in [0.3, 0.4) is 0 Å². The van der Waals surface area contributed by atoms with Crippen LogP contribution >= 0.6 is 0 Å². The van der Waals surface area contributed by atoms with Gasteiger partial charge < -0.3 is 4.79 Å². The van der Waals surface area contributed by atoms with Crippen LogP contribution in [0.1, 0.15) is 6.92 Å².